The SMILES string of the molecule is CN(C(=O)OCC1c2ccccc2-c2ccccc21)C1(C(=O)O)CC1. The molecule has 1 saturated carbocycles. The summed E-state index contributed by atoms with van der Waals surface area (Å²) in [7, 11) is 1.50. The van der Waals surface area contributed by atoms with Crippen molar-refractivity contribution in [3.63, 3.8) is 0 Å². The number of likely N-dealkylation sites (N-methyl/N-ethyl adjacent to an activating group) is 1. The first-order chi connectivity index (χ1) is 12.0. The van der Waals surface area contributed by atoms with Crippen molar-refractivity contribution in [3.05, 3.63) is 59.7 Å². The highest BCUT2D eigenvalue weighted by atomic mass is 16.6. The molecule has 0 heterocycles. The van der Waals surface area contributed by atoms with Crippen LogP contribution in [0.15, 0.2) is 48.5 Å². The Morgan fingerprint density at radius 3 is 2.08 bits per heavy atom. The first-order valence-electron chi connectivity index (χ1n) is 8.37. The predicted molar refractivity (Wildman–Crippen MR) is 92.4 cm³/mol. The van der Waals surface area contributed by atoms with Gasteiger partial charge in [0.2, 0.25) is 0 Å². The zero-order valence-electron chi connectivity index (χ0n) is 13.9. The van der Waals surface area contributed by atoms with E-state index in [9.17, 15) is 14.7 Å². The van der Waals surface area contributed by atoms with Crippen molar-refractivity contribution >= 4 is 12.1 Å². The van der Waals surface area contributed by atoms with Crippen LogP contribution in [0.4, 0.5) is 4.79 Å². The molecule has 5 nitrogen and oxygen atoms in total. The number of amides is 1. The number of carboxylic acids is 1. The molecular formula is C20H19NO4. The fourth-order valence-corrected chi connectivity index (χ4v) is 3.68. The summed E-state index contributed by atoms with van der Waals surface area (Å²) < 4.78 is 5.50. The average Bonchev–Trinajstić information content (AvgIpc) is 3.38. The summed E-state index contributed by atoms with van der Waals surface area (Å²) >= 11 is 0. The molecule has 0 bridgehead atoms. The normalized spacial score (nSPS) is 16.7. The lowest BCUT2D eigenvalue weighted by Crippen LogP contribution is -2.45. The molecule has 128 valence electrons. The van der Waals surface area contributed by atoms with Gasteiger partial charge in [-0.3, -0.25) is 4.90 Å². The van der Waals surface area contributed by atoms with Gasteiger partial charge in [-0.2, -0.15) is 0 Å². The minimum atomic E-state index is -1.08. The number of aliphatic carboxylic acids is 1. The minimum Gasteiger partial charge on any atom is -0.479 e. The Balaban J connectivity index is 1.54. The molecule has 2 aliphatic rings. The lowest BCUT2D eigenvalue weighted by atomic mass is 9.98. The molecule has 0 atom stereocenters. The molecule has 0 unspecified atom stereocenters. The van der Waals surface area contributed by atoms with Gasteiger partial charge in [-0.1, -0.05) is 48.5 Å². The van der Waals surface area contributed by atoms with Crippen LogP contribution in [0.3, 0.4) is 0 Å². The molecule has 1 N–H and O–H groups in total. The Labute approximate surface area is 145 Å². The average molecular weight is 337 g/mol. The summed E-state index contributed by atoms with van der Waals surface area (Å²) in [5, 5.41) is 9.31. The van der Waals surface area contributed by atoms with E-state index in [-0.39, 0.29) is 12.5 Å². The van der Waals surface area contributed by atoms with Crippen LogP contribution in [0, 0.1) is 0 Å². The van der Waals surface area contributed by atoms with Crippen LogP contribution in [-0.2, 0) is 9.53 Å². The topological polar surface area (TPSA) is 66.8 Å². The van der Waals surface area contributed by atoms with Crippen LogP contribution in [0.1, 0.15) is 29.9 Å². The zero-order valence-corrected chi connectivity index (χ0v) is 13.9. The third-order valence-corrected chi connectivity index (χ3v) is 5.37. The Morgan fingerprint density at radius 2 is 1.60 bits per heavy atom. The van der Waals surface area contributed by atoms with Gasteiger partial charge in [0.1, 0.15) is 12.1 Å². The third-order valence-electron chi connectivity index (χ3n) is 5.37. The van der Waals surface area contributed by atoms with E-state index in [1.54, 1.807) is 0 Å². The van der Waals surface area contributed by atoms with Crippen molar-refractivity contribution in [3.8, 4) is 11.1 Å². The van der Waals surface area contributed by atoms with Crippen LogP contribution in [0.2, 0.25) is 0 Å². The highest BCUT2D eigenvalue weighted by molar-refractivity contribution is 5.87. The van der Waals surface area contributed by atoms with Crippen molar-refractivity contribution in [2.24, 2.45) is 0 Å². The number of carboxylic acid groups (broad SMARTS) is 1. The van der Waals surface area contributed by atoms with Gasteiger partial charge in [0.15, 0.2) is 0 Å². The van der Waals surface area contributed by atoms with E-state index in [2.05, 4.69) is 24.3 Å². The van der Waals surface area contributed by atoms with E-state index < -0.39 is 17.6 Å². The second kappa shape index (κ2) is 5.62. The van der Waals surface area contributed by atoms with Crippen LogP contribution in [-0.4, -0.2) is 41.3 Å². The van der Waals surface area contributed by atoms with Crippen LogP contribution >= 0.6 is 0 Å². The van der Waals surface area contributed by atoms with Crippen molar-refractivity contribution in [1.82, 2.24) is 4.90 Å². The second-order valence-corrected chi connectivity index (χ2v) is 6.70. The summed E-state index contributed by atoms with van der Waals surface area (Å²) in [4.78, 5) is 24.9. The maximum Gasteiger partial charge on any atom is 0.410 e. The lowest BCUT2D eigenvalue weighted by molar-refractivity contribution is -0.143. The fraction of sp³-hybridized carbons (Fsp3) is 0.300. The Kier molecular flexibility index (Phi) is 3.53. The van der Waals surface area contributed by atoms with Gasteiger partial charge in [0.05, 0.1) is 0 Å². The molecule has 4 rings (SSSR count). The molecule has 1 fully saturated rings. The molecular weight excluding hydrogens is 318 g/mol. The van der Waals surface area contributed by atoms with Gasteiger partial charge in [0, 0.05) is 13.0 Å². The second-order valence-electron chi connectivity index (χ2n) is 6.70. The summed E-state index contributed by atoms with van der Waals surface area (Å²) in [6, 6.07) is 16.2. The van der Waals surface area contributed by atoms with E-state index in [1.807, 2.05) is 24.3 Å². The van der Waals surface area contributed by atoms with E-state index in [1.165, 1.54) is 11.9 Å². The highest BCUT2D eigenvalue weighted by Crippen LogP contribution is 2.45. The standard InChI is InChI=1S/C20H19NO4/c1-21(20(10-11-20)18(22)23)19(24)25-12-17-15-8-4-2-6-13(15)14-7-3-5-9-16(14)17/h2-9,17H,10-12H2,1H3,(H,22,23). The van der Waals surface area contributed by atoms with Crippen LogP contribution < -0.4 is 0 Å². The molecule has 25 heavy (non-hydrogen) atoms. The first-order valence-corrected chi connectivity index (χ1v) is 8.37. The predicted octanol–water partition coefficient (Wildman–Crippen LogP) is 3.48. The van der Waals surface area contributed by atoms with E-state index in [4.69, 9.17) is 4.74 Å². The Bertz CT molecular complexity index is 811. The van der Waals surface area contributed by atoms with Crippen molar-refractivity contribution in [2.75, 3.05) is 13.7 Å². The maximum atomic E-state index is 12.4. The molecule has 2 aromatic rings. The Morgan fingerprint density at radius 1 is 1.08 bits per heavy atom. The number of hydrogen-bond donors (Lipinski definition) is 1. The van der Waals surface area contributed by atoms with Gasteiger partial charge >= 0.3 is 12.1 Å². The smallest absolute Gasteiger partial charge is 0.410 e. The molecule has 0 radical (unpaired) electrons. The summed E-state index contributed by atoms with van der Waals surface area (Å²) in [6.45, 7) is 0.201. The van der Waals surface area contributed by atoms with Crippen LogP contribution in [0.25, 0.3) is 11.1 Å². The molecule has 0 aromatic heterocycles. The number of benzene rings is 2. The largest absolute Gasteiger partial charge is 0.479 e. The van der Waals surface area contributed by atoms with Gasteiger partial charge in [-0.25, -0.2) is 9.59 Å². The van der Waals surface area contributed by atoms with Crippen LogP contribution in [0.5, 0.6) is 0 Å². The van der Waals surface area contributed by atoms with Crippen molar-refractivity contribution < 1.29 is 19.4 Å². The minimum absolute atomic E-state index is 0.0234. The first kappa shape index (κ1) is 15.7. The quantitative estimate of drug-likeness (QED) is 0.927. The summed E-state index contributed by atoms with van der Waals surface area (Å²) in [5.41, 5.74) is 3.52. The number of nitrogens with zero attached hydrogens (tertiary/aromatic N) is 1. The molecule has 5 heteroatoms. The van der Waals surface area contributed by atoms with E-state index >= 15 is 0 Å². The maximum absolute atomic E-state index is 12.4. The number of carbonyl (C=O) groups excluding carboxylic acids is 1. The molecule has 2 aromatic carbocycles. The van der Waals surface area contributed by atoms with Gasteiger partial charge in [-0.05, 0) is 35.1 Å². The Hall–Kier alpha value is -2.82. The molecule has 0 saturated heterocycles. The van der Waals surface area contributed by atoms with Gasteiger partial charge < -0.3 is 9.84 Å². The monoisotopic (exact) mass is 337 g/mol. The number of fused-ring (bicyclic) bond motifs is 3. The summed E-state index contributed by atoms with van der Waals surface area (Å²) in [6.07, 6.45) is 0.369. The number of hydrogen-bond acceptors (Lipinski definition) is 3. The van der Waals surface area contributed by atoms with E-state index in [0.29, 0.717) is 12.8 Å². The molecule has 1 amide bonds. The lowest BCUT2D eigenvalue weighted by Gasteiger charge is -2.24. The van der Waals surface area contributed by atoms with Gasteiger partial charge in [-0.15, -0.1) is 0 Å². The van der Waals surface area contributed by atoms with Gasteiger partial charge in [0.25, 0.3) is 0 Å². The van der Waals surface area contributed by atoms with Crippen molar-refractivity contribution in [2.45, 2.75) is 24.3 Å². The highest BCUT2D eigenvalue weighted by Gasteiger charge is 2.56. The number of ether oxygens (including phenoxy) is 1. The zero-order chi connectivity index (χ0) is 17.6. The number of rotatable bonds is 4. The molecule has 0 spiro atoms. The third kappa shape index (κ3) is 2.38. The van der Waals surface area contributed by atoms with E-state index in [0.717, 1.165) is 22.3 Å². The number of carbonyl (C=O) groups is 2. The molecule has 2 aliphatic carbocycles. The summed E-state index contributed by atoms with van der Waals surface area (Å²) in [5.74, 6) is -0.992. The fourth-order valence-electron chi connectivity index (χ4n) is 3.68. The van der Waals surface area contributed by atoms with Crippen molar-refractivity contribution in [1.29, 1.82) is 0 Å². The molecule has 0 aliphatic heterocycles.